The van der Waals surface area contributed by atoms with Crippen molar-refractivity contribution in [2.75, 3.05) is 13.2 Å². The van der Waals surface area contributed by atoms with Crippen molar-refractivity contribution in [2.45, 2.75) is 51.4 Å². The molecule has 2 aliphatic rings. The third-order valence-corrected chi connectivity index (χ3v) is 3.37. The summed E-state index contributed by atoms with van der Waals surface area (Å²) in [5, 5.41) is 0. The fraction of sp³-hybridized carbons (Fsp3) is 0.857. The molecule has 0 heterocycles. The summed E-state index contributed by atoms with van der Waals surface area (Å²) in [5.74, 6) is 0.971. The molecule has 0 spiro atoms. The van der Waals surface area contributed by atoms with Crippen LogP contribution in [0.25, 0.3) is 0 Å². The van der Waals surface area contributed by atoms with Crippen LogP contribution in [0.5, 0.6) is 0 Å². The smallest absolute Gasteiger partial charge is 0.305 e. The Morgan fingerprint density at radius 1 is 0.778 bits per heavy atom. The average molecular weight is 254 g/mol. The van der Waals surface area contributed by atoms with E-state index < -0.39 is 0 Å². The van der Waals surface area contributed by atoms with Gasteiger partial charge in [-0.2, -0.15) is 0 Å². The molecule has 2 aliphatic carbocycles. The maximum absolute atomic E-state index is 11.3. The standard InChI is InChI=1S/C14H22O4/c15-13(17-9-11-5-6-11)3-1-2-4-14(16)18-10-12-7-8-12/h11-12H,1-10H2. The van der Waals surface area contributed by atoms with Gasteiger partial charge in [0.2, 0.25) is 0 Å². The van der Waals surface area contributed by atoms with Gasteiger partial charge < -0.3 is 9.47 Å². The van der Waals surface area contributed by atoms with Gasteiger partial charge in [-0.15, -0.1) is 0 Å². The van der Waals surface area contributed by atoms with Crippen molar-refractivity contribution in [1.82, 2.24) is 0 Å². The van der Waals surface area contributed by atoms with Gasteiger partial charge >= 0.3 is 11.9 Å². The third-order valence-electron chi connectivity index (χ3n) is 3.37. The summed E-state index contributed by atoms with van der Waals surface area (Å²) in [6.07, 6.45) is 7.04. The molecule has 0 saturated heterocycles. The lowest BCUT2D eigenvalue weighted by Gasteiger charge is -2.04. The lowest BCUT2D eigenvalue weighted by Crippen LogP contribution is -2.09. The molecule has 0 aromatic rings. The minimum Gasteiger partial charge on any atom is -0.465 e. The number of carbonyl (C=O) groups excluding carboxylic acids is 2. The molecule has 2 fully saturated rings. The SMILES string of the molecule is O=C(CCCCC(=O)OCC1CC1)OCC1CC1. The van der Waals surface area contributed by atoms with Crippen LogP contribution in [0, 0.1) is 11.8 Å². The second kappa shape index (κ2) is 6.76. The van der Waals surface area contributed by atoms with Gasteiger partial charge in [-0.3, -0.25) is 9.59 Å². The van der Waals surface area contributed by atoms with E-state index in [2.05, 4.69) is 0 Å². The zero-order valence-corrected chi connectivity index (χ0v) is 10.9. The molecule has 4 nitrogen and oxygen atoms in total. The number of unbranched alkanes of at least 4 members (excludes halogenated alkanes) is 1. The van der Waals surface area contributed by atoms with Crippen molar-refractivity contribution in [3.63, 3.8) is 0 Å². The summed E-state index contributed by atoms with van der Waals surface area (Å²) in [6, 6.07) is 0. The van der Waals surface area contributed by atoms with Crippen LogP contribution >= 0.6 is 0 Å². The van der Waals surface area contributed by atoms with E-state index in [1.807, 2.05) is 0 Å². The van der Waals surface area contributed by atoms with Crippen LogP contribution in [0.15, 0.2) is 0 Å². The first-order chi connectivity index (χ1) is 8.74. The summed E-state index contributed by atoms with van der Waals surface area (Å²) < 4.78 is 10.2. The molecular formula is C14H22O4. The largest absolute Gasteiger partial charge is 0.465 e. The van der Waals surface area contributed by atoms with Crippen molar-refractivity contribution in [3.05, 3.63) is 0 Å². The van der Waals surface area contributed by atoms with Crippen LogP contribution in [0.4, 0.5) is 0 Å². The van der Waals surface area contributed by atoms with Crippen LogP contribution in [0.1, 0.15) is 51.4 Å². The monoisotopic (exact) mass is 254 g/mol. The van der Waals surface area contributed by atoms with E-state index >= 15 is 0 Å². The molecule has 0 bridgehead atoms. The molecule has 0 aromatic carbocycles. The number of hydrogen-bond acceptors (Lipinski definition) is 4. The van der Waals surface area contributed by atoms with Crippen molar-refractivity contribution in [2.24, 2.45) is 11.8 Å². The lowest BCUT2D eigenvalue weighted by molar-refractivity contribution is -0.146. The highest BCUT2D eigenvalue weighted by Crippen LogP contribution is 2.29. The molecule has 102 valence electrons. The summed E-state index contributed by atoms with van der Waals surface area (Å²) >= 11 is 0. The van der Waals surface area contributed by atoms with E-state index in [1.54, 1.807) is 0 Å². The zero-order chi connectivity index (χ0) is 12.8. The molecular weight excluding hydrogens is 232 g/mol. The van der Waals surface area contributed by atoms with Crippen LogP contribution in [-0.2, 0) is 19.1 Å². The van der Waals surface area contributed by atoms with Gasteiger partial charge in [-0.25, -0.2) is 0 Å². The van der Waals surface area contributed by atoms with E-state index in [1.165, 1.54) is 25.7 Å². The Bertz CT molecular complexity index is 262. The molecule has 0 aromatic heterocycles. The maximum atomic E-state index is 11.3. The molecule has 0 unspecified atom stereocenters. The third kappa shape index (κ3) is 6.03. The Morgan fingerprint density at radius 3 is 1.50 bits per heavy atom. The fourth-order valence-electron chi connectivity index (χ4n) is 1.67. The first kappa shape index (κ1) is 13.4. The predicted octanol–water partition coefficient (Wildman–Crippen LogP) is 2.45. The Labute approximate surface area is 108 Å². The van der Waals surface area contributed by atoms with E-state index in [-0.39, 0.29) is 11.9 Å². The van der Waals surface area contributed by atoms with Gasteiger partial charge in [0.25, 0.3) is 0 Å². The Balaban J connectivity index is 1.39. The number of rotatable bonds is 9. The topological polar surface area (TPSA) is 52.6 Å². The predicted molar refractivity (Wildman–Crippen MR) is 65.8 cm³/mol. The maximum Gasteiger partial charge on any atom is 0.305 e. The molecule has 0 aliphatic heterocycles. The van der Waals surface area contributed by atoms with Crippen LogP contribution in [0.2, 0.25) is 0 Å². The molecule has 18 heavy (non-hydrogen) atoms. The van der Waals surface area contributed by atoms with Crippen LogP contribution in [0.3, 0.4) is 0 Å². The molecule has 0 amide bonds. The van der Waals surface area contributed by atoms with Gasteiger partial charge in [0.15, 0.2) is 0 Å². The second-order valence-electron chi connectivity index (χ2n) is 5.46. The highest BCUT2D eigenvalue weighted by Gasteiger charge is 2.23. The Morgan fingerprint density at radius 2 is 1.17 bits per heavy atom. The van der Waals surface area contributed by atoms with Crippen molar-refractivity contribution in [1.29, 1.82) is 0 Å². The summed E-state index contributed by atoms with van der Waals surface area (Å²) in [7, 11) is 0. The van der Waals surface area contributed by atoms with Gasteiger partial charge in [0.05, 0.1) is 13.2 Å². The number of esters is 2. The number of hydrogen-bond donors (Lipinski definition) is 0. The van der Waals surface area contributed by atoms with Gasteiger partial charge in [0.1, 0.15) is 0 Å². The minimum atomic E-state index is -0.131. The summed E-state index contributed by atoms with van der Waals surface area (Å²) in [5.41, 5.74) is 0. The van der Waals surface area contributed by atoms with Crippen LogP contribution < -0.4 is 0 Å². The van der Waals surface area contributed by atoms with Gasteiger partial charge in [0, 0.05) is 12.8 Å². The van der Waals surface area contributed by atoms with E-state index in [0.29, 0.717) is 50.7 Å². The van der Waals surface area contributed by atoms with Gasteiger partial charge in [-0.05, 0) is 50.4 Å². The summed E-state index contributed by atoms with van der Waals surface area (Å²) in [6.45, 7) is 1.17. The first-order valence-corrected chi connectivity index (χ1v) is 7.05. The van der Waals surface area contributed by atoms with Crippen molar-refractivity contribution in [3.8, 4) is 0 Å². The zero-order valence-electron chi connectivity index (χ0n) is 10.9. The summed E-state index contributed by atoms with van der Waals surface area (Å²) in [4.78, 5) is 22.6. The molecule has 4 heteroatoms. The van der Waals surface area contributed by atoms with Gasteiger partial charge in [-0.1, -0.05) is 0 Å². The van der Waals surface area contributed by atoms with Crippen molar-refractivity contribution >= 4 is 11.9 Å². The number of ether oxygens (including phenoxy) is 2. The normalized spacial score (nSPS) is 18.4. The fourth-order valence-corrected chi connectivity index (χ4v) is 1.67. The molecule has 2 saturated carbocycles. The van der Waals surface area contributed by atoms with E-state index in [9.17, 15) is 9.59 Å². The lowest BCUT2D eigenvalue weighted by atomic mass is 10.2. The Hall–Kier alpha value is -1.06. The molecule has 2 rings (SSSR count). The average Bonchev–Trinajstić information content (AvgIpc) is 3.23. The van der Waals surface area contributed by atoms with Crippen LogP contribution in [-0.4, -0.2) is 25.2 Å². The molecule has 0 N–H and O–H groups in total. The quantitative estimate of drug-likeness (QED) is 0.468. The molecule has 0 radical (unpaired) electrons. The van der Waals surface area contributed by atoms with Crippen molar-refractivity contribution < 1.29 is 19.1 Å². The minimum absolute atomic E-state index is 0.131. The molecule has 0 atom stereocenters. The van der Waals surface area contributed by atoms with E-state index in [0.717, 1.165) is 0 Å². The highest BCUT2D eigenvalue weighted by atomic mass is 16.5. The highest BCUT2D eigenvalue weighted by molar-refractivity contribution is 5.70. The number of carbonyl (C=O) groups is 2. The second-order valence-corrected chi connectivity index (χ2v) is 5.46. The Kier molecular flexibility index (Phi) is 5.02. The van der Waals surface area contributed by atoms with E-state index in [4.69, 9.17) is 9.47 Å². The first-order valence-electron chi connectivity index (χ1n) is 7.05.